The highest BCUT2D eigenvalue weighted by atomic mass is 35.5. The molecule has 0 bridgehead atoms. The Labute approximate surface area is 179 Å². The molecule has 0 saturated carbocycles. The fourth-order valence-corrected chi connectivity index (χ4v) is 3.27. The average Bonchev–Trinajstić information content (AvgIpc) is 2.71. The van der Waals surface area contributed by atoms with E-state index in [1.807, 2.05) is 49.4 Å². The summed E-state index contributed by atoms with van der Waals surface area (Å²) < 4.78 is 0. The SMILES string of the molecule is CCC(=O)N(Cc1ccc(Cl)cc1)[C@@H](Cc1ccccc1)C(=O)NCCC(C)C. The molecule has 5 heteroatoms. The molecule has 0 heterocycles. The standard InChI is InChI=1S/C24H31ClN2O2/c1-4-23(28)27(17-20-10-12-21(25)13-11-20)22(16-19-8-6-5-7-9-19)24(29)26-15-14-18(2)3/h5-13,18,22H,4,14-17H2,1-3H3,(H,26,29)/t22-/m0/s1. The molecule has 0 fully saturated rings. The second-order valence-corrected chi connectivity index (χ2v) is 8.12. The van der Waals surface area contributed by atoms with Crippen molar-refractivity contribution in [3.63, 3.8) is 0 Å². The van der Waals surface area contributed by atoms with Crippen LogP contribution in [0.2, 0.25) is 5.02 Å². The quantitative estimate of drug-likeness (QED) is 0.604. The third-order valence-corrected chi connectivity index (χ3v) is 5.11. The molecule has 0 aromatic heterocycles. The first kappa shape index (κ1) is 23.0. The van der Waals surface area contributed by atoms with Crippen LogP contribution in [-0.4, -0.2) is 29.3 Å². The zero-order chi connectivity index (χ0) is 21.2. The number of carbonyl (C=O) groups is 2. The van der Waals surface area contributed by atoms with Crippen LogP contribution in [0.25, 0.3) is 0 Å². The molecule has 0 aliphatic heterocycles. The lowest BCUT2D eigenvalue weighted by Gasteiger charge is -2.31. The monoisotopic (exact) mass is 414 g/mol. The zero-order valence-corrected chi connectivity index (χ0v) is 18.3. The van der Waals surface area contributed by atoms with Crippen molar-refractivity contribution in [3.8, 4) is 0 Å². The van der Waals surface area contributed by atoms with E-state index in [-0.39, 0.29) is 11.8 Å². The predicted octanol–water partition coefficient (Wildman–Crippen LogP) is 4.85. The van der Waals surface area contributed by atoms with Crippen LogP contribution in [0.1, 0.15) is 44.7 Å². The van der Waals surface area contributed by atoms with Crippen molar-refractivity contribution >= 4 is 23.4 Å². The van der Waals surface area contributed by atoms with Gasteiger partial charge < -0.3 is 10.2 Å². The highest BCUT2D eigenvalue weighted by Crippen LogP contribution is 2.17. The number of amides is 2. The number of nitrogens with zero attached hydrogens (tertiary/aromatic N) is 1. The molecular weight excluding hydrogens is 384 g/mol. The maximum absolute atomic E-state index is 13.1. The Morgan fingerprint density at radius 2 is 1.66 bits per heavy atom. The lowest BCUT2D eigenvalue weighted by Crippen LogP contribution is -2.50. The number of hydrogen-bond acceptors (Lipinski definition) is 2. The second kappa shape index (κ2) is 11.6. The molecule has 0 aliphatic carbocycles. The van der Waals surface area contributed by atoms with Crippen molar-refractivity contribution < 1.29 is 9.59 Å². The van der Waals surface area contributed by atoms with Gasteiger partial charge in [0.05, 0.1) is 0 Å². The van der Waals surface area contributed by atoms with E-state index in [4.69, 9.17) is 11.6 Å². The number of carbonyl (C=O) groups excluding carboxylic acids is 2. The molecule has 0 aliphatic rings. The van der Waals surface area contributed by atoms with Crippen molar-refractivity contribution in [2.45, 2.75) is 52.6 Å². The summed E-state index contributed by atoms with van der Waals surface area (Å²) in [5.74, 6) is 0.357. The summed E-state index contributed by atoms with van der Waals surface area (Å²) in [4.78, 5) is 27.6. The smallest absolute Gasteiger partial charge is 0.243 e. The molecule has 4 nitrogen and oxygen atoms in total. The van der Waals surface area contributed by atoms with E-state index < -0.39 is 6.04 Å². The summed E-state index contributed by atoms with van der Waals surface area (Å²) in [6.45, 7) is 7.06. The normalized spacial score (nSPS) is 11.9. The minimum atomic E-state index is -0.562. The molecule has 0 spiro atoms. The molecule has 2 aromatic rings. The van der Waals surface area contributed by atoms with Crippen LogP contribution in [-0.2, 0) is 22.6 Å². The van der Waals surface area contributed by atoms with E-state index in [0.29, 0.717) is 36.9 Å². The minimum absolute atomic E-state index is 0.0418. The summed E-state index contributed by atoms with van der Waals surface area (Å²) in [7, 11) is 0. The molecule has 156 valence electrons. The third-order valence-electron chi connectivity index (χ3n) is 4.86. The first-order valence-electron chi connectivity index (χ1n) is 10.3. The van der Waals surface area contributed by atoms with Gasteiger partial charge in [-0.2, -0.15) is 0 Å². The van der Waals surface area contributed by atoms with Gasteiger partial charge in [0.25, 0.3) is 0 Å². The Hall–Kier alpha value is -2.33. The van der Waals surface area contributed by atoms with Gasteiger partial charge in [0.1, 0.15) is 6.04 Å². The predicted molar refractivity (Wildman–Crippen MR) is 119 cm³/mol. The van der Waals surface area contributed by atoms with E-state index in [0.717, 1.165) is 17.5 Å². The van der Waals surface area contributed by atoms with Crippen LogP contribution < -0.4 is 5.32 Å². The fourth-order valence-electron chi connectivity index (χ4n) is 3.15. The number of halogens is 1. The maximum atomic E-state index is 13.1. The van der Waals surface area contributed by atoms with E-state index >= 15 is 0 Å². The van der Waals surface area contributed by atoms with Gasteiger partial charge in [-0.25, -0.2) is 0 Å². The molecule has 2 rings (SSSR count). The van der Waals surface area contributed by atoms with Crippen molar-refractivity contribution in [1.82, 2.24) is 10.2 Å². The van der Waals surface area contributed by atoms with Crippen LogP contribution in [0.5, 0.6) is 0 Å². The fraction of sp³-hybridized carbons (Fsp3) is 0.417. The maximum Gasteiger partial charge on any atom is 0.243 e. The van der Waals surface area contributed by atoms with Crippen molar-refractivity contribution in [3.05, 3.63) is 70.7 Å². The van der Waals surface area contributed by atoms with E-state index in [2.05, 4.69) is 19.2 Å². The van der Waals surface area contributed by atoms with Crippen LogP contribution in [0.15, 0.2) is 54.6 Å². The van der Waals surface area contributed by atoms with Gasteiger partial charge >= 0.3 is 0 Å². The molecule has 2 amide bonds. The van der Waals surface area contributed by atoms with Crippen LogP contribution in [0.4, 0.5) is 0 Å². The topological polar surface area (TPSA) is 49.4 Å². The number of nitrogens with one attached hydrogen (secondary N) is 1. The minimum Gasteiger partial charge on any atom is -0.354 e. The van der Waals surface area contributed by atoms with Gasteiger partial charge in [0.15, 0.2) is 0 Å². The van der Waals surface area contributed by atoms with Gasteiger partial charge in [-0.15, -0.1) is 0 Å². The van der Waals surface area contributed by atoms with Crippen molar-refractivity contribution in [2.75, 3.05) is 6.54 Å². The molecule has 2 aromatic carbocycles. The molecule has 0 unspecified atom stereocenters. The molecule has 1 N–H and O–H groups in total. The Balaban J connectivity index is 2.27. The molecule has 1 atom stereocenters. The van der Waals surface area contributed by atoms with Crippen molar-refractivity contribution in [1.29, 1.82) is 0 Å². The Morgan fingerprint density at radius 1 is 1.00 bits per heavy atom. The van der Waals surface area contributed by atoms with Crippen LogP contribution in [0, 0.1) is 5.92 Å². The van der Waals surface area contributed by atoms with Gasteiger partial charge in [-0.3, -0.25) is 9.59 Å². The highest BCUT2D eigenvalue weighted by Gasteiger charge is 2.29. The van der Waals surface area contributed by atoms with E-state index in [9.17, 15) is 9.59 Å². The Kier molecular flexibility index (Phi) is 9.20. The molecule has 0 saturated heterocycles. The highest BCUT2D eigenvalue weighted by molar-refractivity contribution is 6.30. The summed E-state index contributed by atoms with van der Waals surface area (Å²) in [5, 5.41) is 3.68. The van der Waals surface area contributed by atoms with E-state index in [1.165, 1.54) is 0 Å². The lowest BCUT2D eigenvalue weighted by atomic mass is 10.0. The van der Waals surface area contributed by atoms with Crippen LogP contribution in [0.3, 0.4) is 0 Å². The van der Waals surface area contributed by atoms with E-state index in [1.54, 1.807) is 17.0 Å². The summed E-state index contributed by atoms with van der Waals surface area (Å²) in [5.41, 5.74) is 1.98. The largest absolute Gasteiger partial charge is 0.354 e. The first-order valence-corrected chi connectivity index (χ1v) is 10.6. The molecule has 29 heavy (non-hydrogen) atoms. The molecular formula is C24H31ClN2O2. The Morgan fingerprint density at radius 3 is 2.24 bits per heavy atom. The van der Waals surface area contributed by atoms with Crippen molar-refractivity contribution in [2.24, 2.45) is 5.92 Å². The second-order valence-electron chi connectivity index (χ2n) is 7.68. The van der Waals surface area contributed by atoms with Gasteiger partial charge in [-0.05, 0) is 35.6 Å². The van der Waals surface area contributed by atoms with Crippen LogP contribution >= 0.6 is 11.6 Å². The lowest BCUT2D eigenvalue weighted by molar-refractivity contribution is -0.141. The first-order chi connectivity index (χ1) is 13.9. The van der Waals surface area contributed by atoms with Gasteiger partial charge in [-0.1, -0.05) is 74.8 Å². The van der Waals surface area contributed by atoms with Gasteiger partial charge in [0, 0.05) is 31.0 Å². The average molecular weight is 415 g/mol. The molecule has 0 radical (unpaired) electrons. The number of benzene rings is 2. The summed E-state index contributed by atoms with van der Waals surface area (Å²) >= 11 is 6.00. The third kappa shape index (κ3) is 7.54. The van der Waals surface area contributed by atoms with Gasteiger partial charge in [0.2, 0.25) is 11.8 Å². The summed E-state index contributed by atoms with van der Waals surface area (Å²) in [6.07, 6.45) is 1.73. The Bertz CT molecular complexity index is 775. The number of hydrogen-bond donors (Lipinski definition) is 1. The summed E-state index contributed by atoms with van der Waals surface area (Å²) in [6, 6.07) is 16.7. The zero-order valence-electron chi connectivity index (χ0n) is 17.5. The number of rotatable bonds is 10.